The summed E-state index contributed by atoms with van der Waals surface area (Å²) in [5.41, 5.74) is 1.04. The van der Waals surface area contributed by atoms with E-state index in [9.17, 15) is 0 Å². The molecule has 0 atom stereocenters. The van der Waals surface area contributed by atoms with E-state index in [1.165, 1.54) is 63.5 Å². The molecule has 0 bridgehead atoms. The molecule has 1 aliphatic rings. The largest absolute Gasteiger partial charge is 0.460 e. The van der Waals surface area contributed by atoms with Crippen LogP contribution in [0.15, 0.2) is 0 Å². The lowest BCUT2D eigenvalue weighted by molar-refractivity contribution is 0.566. The van der Waals surface area contributed by atoms with Crippen molar-refractivity contribution in [2.75, 3.05) is 0 Å². The minimum atomic E-state index is -0.395. The van der Waals surface area contributed by atoms with Crippen molar-refractivity contribution in [2.24, 2.45) is 0 Å². The first-order valence-corrected chi connectivity index (χ1v) is 10.6. The Labute approximate surface area is 106 Å². The lowest BCUT2D eigenvalue weighted by Crippen LogP contribution is -2.22. The Balaban J connectivity index is 2.13. The maximum Gasteiger partial charge on any atom is 0.197 e. The lowest BCUT2D eigenvalue weighted by Gasteiger charge is -2.17. The van der Waals surface area contributed by atoms with Gasteiger partial charge in [-0.1, -0.05) is 65.2 Å². The van der Waals surface area contributed by atoms with Crippen molar-refractivity contribution in [1.82, 2.24) is 0 Å². The Kier molecular flexibility index (Phi) is 8.52. The molecule has 1 saturated carbocycles. The third-order valence-corrected chi connectivity index (χ3v) is 9.03. The topological polar surface area (TPSA) is 9.23 Å². The van der Waals surface area contributed by atoms with Crippen molar-refractivity contribution in [1.29, 1.82) is 0 Å². The van der Waals surface area contributed by atoms with Gasteiger partial charge in [-0.3, -0.25) is 0 Å². The van der Waals surface area contributed by atoms with E-state index in [0.29, 0.717) is 0 Å². The zero-order valence-corrected chi connectivity index (χ0v) is 13.7. The Hall–Kier alpha value is 0.394. The Morgan fingerprint density at radius 1 is 1.06 bits per heavy atom. The van der Waals surface area contributed by atoms with Gasteiger partial charge in [0.1, 0.15) is 9.76 Å². The highest BCUT2D eigenvalue weighted by Gasteiger charge is 2.19. The lowest BCUT2D eigenvalue weighted by atomic mass is 10.4. The fourth-order valence-electron chi connectivity index (χ4n) is 2.43. The van der Waals surface area contributed by atoms with Crippen LogP contribution >= 0.6 is 0 Å². The van der Waals surface area contributed by atoms with Gasteiger partial charge in [-0.15, -0.1) is 0 Å². The molecule has 0 aromatic rings. The van der Waals surface area contributed by atoms with Crippen LogP contribution in [0.5, 0.6) is 0 Å². The molecule has 0 aromatic carbocycles. The smallest absolute Gasteiger partial charge is 0.197 e. The standard InChI is InChI=1S/C13H29OSi2/c1-3-5-11-16(12-6-4-2)14-15-13-9-7-8-10-13/h13H,3-12,15H2,1-2H3. The maximum absolute atomic E-state index is 6.37. The van der Waals surface area contributed by atoms with Crippen LogP contribution in [0.25, 0.3) is 0 Å². The number of unbranched alkanes of at least 4 members (excludes halogenated alkanes) is 2. The Morgan fingerprint density at radius 3 is 2.12 bits per heavy atom. The fraction of sp³-hybridized carbons (Fsp3) is 1.00. The Morgan fingerprint density at radius 2 is 1.62 bits per heavy atom. The molecule has 0 spiro atoms. The predicted octanol–water partition coefficient (Wildman–Crippen LogP) is 4.04. The monoisotopic (exact) mass is 257 g/mol. The molecule has 0 amide bonds. The van der Waals surface area contributed by atoms with E-state index in [0.717, 1.165) is 5.54 Å². The number of hydrogen-bond donors (Lipinski definition) is 0. The molecule has 0 aliphatic heterocycles. The van der Waals surface area contributed by atoms with E-state index >= 15 is 0 Å². The summed E-state index contributed by atoms with van der Waals surface area (Å²) in [5, 5.41) is 0. The molecular formula is C13H29OSi2. The van der Waals surface area contributed by atoms with Gasteiger partial charge in [-0.25, -0.2) is 0 Å². The Bertz CT molecular complexity index is 150. The van der Waals surface area contributed by atoms with Crippen molar-refractivity contribution >= 4 is 18.8 Å². The zero-order chi connectivity index (χ0) is 11.6. The molecule has 1 rings (SSSR count). The summed E-state index contributed by atoms with van der Waals surface area (Å²) < 4.78 is 6.37. The molecule has 0 saturated heterocycles. The van der Waals surface area contributed by atoms with E-state index < -0.39 is 9.04 Å². The second-order valence-corrected chi connectivity index (χ2v) is 9.93. The second kappa shape index (κ2) is 9.43. The summed E-state index contributed by atoms with van der Waals surface area (Å²) >= 11 is 0. The molecule has 1 nitrogen and oxygen atoms in total. The molecule has 0 heterocycles. The summed E-state index contributed by atoms with van der Waals surface area (Å²) in [6.45, 7) is 4.60. The first-order valence-electron chi connectivity index (χ1n) is 7.34. The van der Waals surface area contributed by atoms with Gasteiger partial charge in [-0.2, -0.15) is 0 Å². The van der Waals surface area contributed by atoms with Crippen molar-refractivity contribution in [3.8, 4) is 0 Å². The van der Waals surface area contributed by atoms with Crippen molar-refractivity contribution < 1.29 is 4.12 Å². The first kappa shape index (κ1) is 14.5. The molecular weight excluding hydrogens is 228 g/mol. The van der Waals surface area contributed by atoms with E-state index in [2.05, 4.69) is 13.8 Å². The van der Waals surface area contributed by atoms with Gasteiger partial charge >= 0.3 is 0 Å². The van der Waals surface area contributed by atoms with Gasteiger partial charge < -0.3 is 4.12 Å². The predicted molar refractivity (Wildman–Crippen MR) is 77.0 cm³/mol. The van der Waals surface area contributed by atoms with Crippen LogP contribution in [0.4, 0.5) is 0 Å². The molecule has 1 aliphatic carbocycles. The third-order valence-electron chi connectivity index (χ3n) is 3.62. The van der Waals surface area contributed by atoms with E-state index in [1.54, 1.807) is 0 Å². The van der Waals surface area contributed by atoms with Crippen LogP contribution in [-0.4, -0.2) is 18.8 Å². The summed E-state index contributed by atoms with van der Waals surface area (Å²) in [4.78, 5) is 0. The van der Waals surface area contributed by atoms with Crippen LogP contribution in [-0.2, 0) is 4.12 Å². The first-order chi connectivity index (χ1) is 7.86. The minimum Gasteiger partial charge on any atom is -0.460 e. The van der Waals surface area contributed by atoms with Gasteiger partial charge in [0, 0.05) is 0 Å². The highest BCUT2D eigenvalue weighted by molar-refractivity contribution is 6.58. The van der Waals surface area contributed by atoms with Crippen LogP contribution in [0.2, 0.25) is 17.6 Å². The van der Waals surface area contributed by atoms with Gasteiger partial charge in [0.15, 0.2) is 9.04 Å². The summed E-state index contributed by atoms with van der Waals surface area (Å²) in [5.74, 6) is 0. The third kappa shape index (κ3) is 6.21. The molecule has 0 unspecified atom stereocenters. The highest BCUT2D eigenvalue weighted by atomic mass is 28.3. The quantitative estimate of drug-likeness (QED) is 0.567. The van der Waals surface area contributed by atoms with Crippen molar-refractivity contribution in [3.05, 3.63) is 0 Å². The average Bonchev–Trinajstić information content (AvgIpc) is 2.81. The SMILES string of the molecule is CCCC[Si](CCCC)O[SiH2]C1CCCC1. The molecule has 0 aromatic heterocycles. The summed E-state index contributed by atoms with van der Waals surface area (Å²) in [6.07, 6.45) is 11.4. The van der Waals surface area contributed by atoms with Crippen LogP contribution < -0.4 is 0 Å². The summed E-state index contributed by atoms with van der Waals surface area (Å²) in [7, 11) is -0.566. The van der Waals surface area contributed by atoms with Crippen molar-refractivity contribution in [2.45, 2.75) is 82.8 Å². The normalized spacial score (nSPS) is 18.2. The average molecular weight is 258 g/mol. The zero-order valence-electron chi connectivity index (χ0n) is 11.3. The molecule has 16 heavy (non-hydrogen) atoms. The van der Waals surface area contributed by atoms with Crippen LogP contribution in [0.1, 0.15) is 65.2 Å². The summed E-state index contributed by atoms with van der Waals surface area (Å²) in [6, 6.07) is 2.84. The van der Waals surface area contributed by atoms with Gasteiger partial charge in [0.2, 0.25) is 0 Å². The fourth-order valence-corrected chi connectivity index (χ4v) is 8.13. The minimum absolute atomic E-state index is 0.170. The van der Waals surface area contributed by atoms with Gasteiger partial charge in [-0.05, 0) is 17.6 Å². The van der Waals surface area contributed by atoms with Crippen LogP contribution in [0, 0.1) is 0 Å². The van der Waals surface area contributed by atoms with Gasteiger partial charge in [0.05, 0.1) is 0 Å². The second-order valence-electron chi connectivity index (χ2n) is 5.21. The van der Waals surface area contributed by atoms with Gasteiger partial charge in [0.25, 0.3) is 0 Å². The molecule has 3 heteroatoms. The maximum atomic E-state index is 6.37. The number of hydrogen-bond acceptors (Lipinski definition) is 1. The van der Waals surface area contributed by atoms with E-state index in [4.69, 9.17) is 4.12 Å². The van der Waals surface area contributed by atoms with Crippen molar-refractivity contribution in [3.63, 3.8) is 0 Å². The number of rotatable bonds is 9. The molecule has 1 radical (unpaired) electrons. The molecule has 95 valence electrons. The highest BCUT2D eigenvalue weighted by Crippen LogP contribution is 2.29. The molecule has 0 N–H and O–H groups in total. The van der Waals surface area contributed by atoms with Crippen LogP contribution in [0.3, 0.4) is 0 Å². The molecule has 1 fully saturated rings. The van der Waals surface area contributed by atoms with E-state index in [-0.39, 0.29) is 9.76 Å². The van der Waals surface area contributed by atoms with E-state index in [1.807, 2.05) is 0 Å².